The van der Waals surface area contributed by atoms with Crippen LogP contribution in [0.25, 0.3) is 0 Å². The van der Waals surface area contributed by atoms with Gasteiger partial charge in [-0.3, -0.25) is 4.79 Å². The smallest absolute Gasteiger partial charge is 0.251 e. The first-order valence-corrected chi connectivity index (χ1v) is 6.67. The van der Waals surface area contributed by atoms with E-state index in [-0.39, 0.29) is 17.7 Å². The van der Waals surface area contributed by atoms with Crippen LogP contribution in [0.4, 0.5) is 0 Å². The molecule has 1 aromatic carbocycles. The average Bonchev–Trinajstić information content (AvgIpc) is 2.77. The van der Waals surface area contributed by atoms with Crippen LogP contribution < -0.4 is 10.1 Å². The van der Waals surface area contributed by atoms with Crippen LogP contribution in [0.1, 0.15) is 40.4 Å². The van der Waals surface area contributed by atoms with Crippen LogP contribution in [-0.4, -0.2) is 18.1 Å². The van der Waals surface area contributed by atoms with Crippen molar-refractivity contribution in [2.75, 3.05) is 7.11 Å². The highest BCUT2D eigenvalue weighted by Gasteiger charge is 2.17. The number of amides is 1. The summed E-state index contributed by atoms with van der Waals surface area (Å²) in [6.45, 7) is 5.62. The molecule has 1 unspecified atom stereocenters. The number of carbonyl (C=O) groups is 1. The van der Waals surface area contributed by atoms with Crippen molar-refractivity contribution < 1.29 is 19.1 Å². The van der Waals surface area contributed by atoms with E-state index in [0.29, 0.717) is 11.3 Å². The van der Waals surface area contributed by atoms with Gasteiger partial charge in [0.2, 0.25) is 0 Å². The first-order chi connectivity index (χ1) is 9.92. The fraction of sp³-hybridized carbons (Fsp3) is 0.312. The summed E-state index contributed by atoms with van der Waals surface area (Å²) in [6, 6.07) is 6.27. The molecule has 112 valence electrons. The van der Waals surface area contributed by atoms with Gasteiger partial charge in [-0.1, -0.05) is 0 Å². The number of carbonyl (C=O) groups excluding carboxylic acids is 1. The number of rotatable bonds is 4. The number of aromatic hydroxyl groups is 1. The minimum atomic E-state index is -0.265. The Morgan fingerprint density at radius 2 is 2.05 bits per heavy atom. The molecule has 0 saturated heterocycles. The molecule has 0 saturated carbocycles. The molecule has 0 fully saturated rings. The number of phenols is 1. The van der Waals surface area contributed by atoms with Crippen LogP contribution in [0.2, 0.25) is 0 Å². The number of hydrogen-bond donors (Lipinski definition) is 2. The second-order valence-electron chi connectivity index (χ2n) is 4.95. The molecule has 1 atom stereocenters. The lowest BCUT2D eigenvalue weighted by Gasteiger charge is -2.14. The fourth-order valence-corrected chi connectivity index (χ4v) is 2.27. The third-order valence-electron chi connectivity index (χ3n) is 3.33. The van der Waals surface area contributed by atoms with Gasteiger partial charge in [0.1, 0.15) is 11.5 Å². The number of ether oxygens (including phenoxy) is 1. The van der Waals surface area contributed by atoms with E-state index in [1.807, 2.05) is 26.8 Å². The summed E-state index contributed by atoms with van der Waals surface area (Å²) in [5, 5.41) is 12.6. The standard InChI is InChI=1S/C16H19NO4/c1-9-7-13(11(3)21-9)10(2)17-16(19)12-5-6-15(20-4)14(18)8-12/h5-8,10,18H,1-4H3,(H,17,19). The van der Waals surface area contributed by atoms with Crippen LogP contribution in [0.5, 0.6) is 11.5 Å². The maximum atomic E-state index is 12.2. The summed E-state index contributed by atoms with van der Waals surface area (Å²) in [5.41, 5.74) is 1.32. The Balaban J connectivity index is 2.14. The van der Waals surface area contributed by atoms with Gasteiger partial charge in [0, 0.05) is 11.1 Å². The van der Waals surface area contributed by atoms with Crippen molar-refractivity contribution in [3.8, 4) is 11.5 Å². The number of methoxy groups -OCH3 is 1. The minimum Gasteiger partial charge on any atom is -0.504 e. The van der Waals surface area contributed by atoms with Crippen LogP contribution in [-0.2, 0) is 0 Å². The summed E-state index contributed by atoms with van der Waals surface area (Å²) in [6.07, 6.45) is 0. The van der Waals surface area contributed by atoms with Gasteiger partial charge in [0.15, 0.2) is 11.5 Å². The molecule has 1 amide bonds. The lowest BCUT2D eigenvalue weighted by atomic mass is 10.1. The maximum Gasteiger partial charge on any atom is 0.251 e. The van der Waals surface area contributed by atoms with Gasteiger partial charge in [-0.2, -0.15) is 0 Å². The van der Waals surface area contributed by atoms with E-state index in [0.717, 1.165) is 17.1 Å². The molecule has 2 N–H and O–H groups in total. The van der Waals surface area contributed by atoms with Crippen molar-refractivity contribution in [1.29, 1.82) is 0 Å². The summed E-state index contributed by atoms with van der Waals surface area (Å²) in [4.78, 5) is 12.2. The summed E-state index contributed by atoms with van der Waals surface area (Å²) < 4.78 is 10.4. The molecule has 2 rings (SSSR count). The molecule has 0 aliphatic rings. The molecule has 0 aliphatic carbocycles. The molecule has 0 spiro atoms. The van der Waals surface area contributed by atoms with Crippen LogP contribution in [0.15, 0.2) is 28.7 Å². The highest BCUT2D eigenvalue weighted by molar-refractivity contribution is 5.95. The summed E-state index contributed by atoms with van der Waals surface area (Å²) >= 11 is 0. The Bertz CT molecular complexity index is 660. The molecular weight excluding hydrogens is 270 g/mol. The average molecular weight is 289 g/mol. The number of nitrogens with one attached hydrogen (secondary N) is 1. The molecule has 1 aromatic heterocycles. The lowest BCUT2D eigenvalue weighted by molar-refractivity contribution is 0.0939. The van der Waals surface area contributed by atoms with Crippen molar-refractivity contribution in [2.24, 2.45) is 0 Å². The molecule has 0 bridgehead atoms. The van der Waals surface area contributed by atoms with Crippen molar-refractivity contribution in [2.45, 2.75) is 26.8 Å². The Morgan fingerprint density at radius 3 is 2.57 bits per heavy atom. The SMILES string of the molecule is COc1ccc(C(=O)NC(C)c2cc(C)oc2C)cc1O. The molecule has 5 heteroatoms. The Hall–Kier alpha value is -2.43. The number of hydrogen-bond acceptors (Lipinski definition) is 4. The van der Waals surface area contributed by atoms with E-state index in [1.165, 1.54) is 13.2 Å². The van der Waals surface area contributed by atoms with Gasteiger partial charge in [0.05, 0.1) is 13.2 Å². The lowest BCUT2D eigenvalue weighted by Crippen LogP contribution is -2.26. The van der Waals surface area contributed by atoms with E-state index in [4.69, 9.17) is 9.15 Å². The third kappa shape index (κ3) is 3.18. The maximum absolute atomic E-state index is 12.2. The summed E-state index contributed by atoms with van der Waals surface area (Å²) in [7, 11) is 1.46. The number of phenolic OH excluding ortho intramolecular Hbond substituents is 1. The van der Waals surface area contributed by atoms with Gasteiger partial charge < -0.3 is 19.6 Å². The highest BCUT2D eigenvalue weighted by atomic mass is 16.5. The van der Waals surface area contributed by atoms with Crippen LogP contribution in [0.3, 0.4) is 0 Å². The molecule has 0 radical (unpaired) electrons. The van der Waals surface area contributed by atoms with Crippen molar-refractivity contribution in [1.82, 2.24) is 5.32 Å². The van der Waals surface area contributed by atoms with Gasteiger partial charge in [-0.05, 0) is 45.0 Å². The predicted octanol–water partition coefficient (Wildman–Crippen LogP) is 3.10. The zero-order chi connectivity index (χ0) is 15.6. The van der Waals surface area contributed by atoms with Gasteiger partial charge >= 0.3 is 0 Å². The van der Waals surface area contributed by atoms with E-state index >= 15 is 0 Å². The molecular formula is C16H19NO4. The van der Waals surface area contributed by atoms with Crippen LogP contribution in [0, 0.1) is 13.8 Å². The first-order valence-electron chi connectivity index (χ1n) is 6.67. The van der Waals surface area contributed by atoms with Crippen molar-refractivity contribution in [3.63, 3.8) is 0 Å². The van der Waals surface area contributed by atoms with Gasteiger partial charge in [-0.15, -0.1) is 0 Å². The predicted molar refractivity (Wildman–Crippen MR) is 78.7 cm³/mol. The summed E-state index contributed by atoms with van der Waals surface area (Å²) in [5.74, 6) is 1.61. The second kappa shape index (κ2) is 5.91. The number of benzene rings is 1. The monoisotopic (exact) mass is 289 g/mol. The van der Waals surface area contributed by atoms with Crippen molar-refractivity contribution >= 4 is 5.91 Å². The zero-order valence-corrected chi connectivity index (χ0v) is 12.6. The Morgan fingerprint density at radius 1 is 1.33 bits per heavy atom. The molecule has 5 nitrogen and oxygen atoms in total. The highest BCUT2D eigenvalue weighted by Crippen LogP contribution is 2.27. The molecule has 21 heavy (non-hydrogen) atoms. The number of aryl methyl sites for hydroxylation is 2. The van der Waals surface area contributed by atoms with E-state index in [2.05, 4.69) is 5.32 Å². The molecule has 2 aromatic rings. The largest absolute Gasteiger partial charge is 0.504 e. The topological polar surface area (TPSA) is 71.7 Å². The van der Waals surface area contributed by atoms with E-state index in [1.54, 1.807) is 12.1 Å². The van der Waals surface area contributed by atoms with E-state index in [9.17, 15) is 9.90 Å². The fourth-order valence-electron chi connectivity index (χ4n) is 2.27. The quantitative estimate of drug-likeness (QED) is 0.907. The van der Waals surface area contributed by atoms with E-state index < -0.39 is 0 Å². The molecule has 0 aliphatic heterocycles. The Kier molecular flexibility index (Phi) is 4.21. The van der Waals surface area contributed by atoms with Crippen molar-refractivity contribution in [3.05, 3.63) is 46.9 Å². The van der Waals surface area contributed by atoms with Gasteiger partial charge in [0.25, 0.3) is 5.91 Å². The normalized spacial score (nSPS) is 12.0. The third-order valence-corrected chi connectivity index (χ3v) is 3.33. The van der Waals surface area contributed by atoms with Crippen LogP contribution >= 0.6 is 0 Å². The second-order valence-corrected chi connectivity index (χ2v) is 4.95. The molecule has 1 heterocycles. The first kappa shape index (κ1) is 15.0. The Labute approximate surface area is 123 Å². The number of furan rings is 1. The minimum absolute atomic E-state index is 0.0619. The van der Waals surface area contributed by atoms with Gasteiger partial charge in [-0.25, -0.2) is 0 Å². The zero-order valence-electron chi connectivity index (χ0n) is 12.6.